The van der Waals surface area contributed by atoms with Gasteiger partial charge < -0.3 is 9.30 Å². The van der Waals surface area contributed by atoms with E-state index in [1.807, 2.05) is 4.57 Å². The Morgan fingerprint density at radius 2 is 2.11 bits per heavy atom. The molecule has 1 heterocycles. The van der Waals surface area contributed by atoms with Crippen LogP contribution in [-0.4, -0.2) is 28.5 Å². The number of aromatic amines is 1. The predicted molar refractivity (Wildman–Crippen MR) is 78.0 cm³/mol. The van der Waals surface area contributed by atoms with Gasteiger partial charge in [-0.1, -0.05) is 18.2 Å². The minimum absolute atomic E-state index is 0.633. The van der Waals surface area contributed by atoms with Gasteiger partial charge in [0.1, 0.15) is 5.82 Å². The molecular formula is C14H19N3OS. The minimum atomic E-state index is 0.633. The summed E-state index contributed by atoms with van der Waals surface area (Å²) >= 11 is 5.24. The third-order valence-corrected chi connectivity index (χ3v) is 3.60. The highest BCUT2D eigenvalue weighted by Crippen LogP contribution is 2.13. The van der Waals surface area contributed by atoms with Crippen molar-refractivity contribution in [2.24, 2.45) is 0 Å². The van der Waals surface area contributed by atoms with Crippen molar-refractivity contribution in [2.75, 3.05) is 13.7 Å². The number of aryl methyl sites for hydroxylation is 2. The number of nitrogens with zero attached hydrogens (tertiary/aromatic N) is 2. The van der Waals surface area contributed by atoms with Crippen molar-refractivity contribution >= 4 is 12.2 Å². The second-order valence-electron chi connectivity index (χ2n) is 4.68. The third kappa shape index (κ3) is 3.30. The second-order valence-corrected chi connectivity index (χ2v) is 5.07. The average Bonchev–Trinajstić information content (AvgIpc) is 2.72. The van der Waals surface area contributed by atoms with Crippen molar-refractivity contribution in [3.8, 4) is 0 Å². The molecule has 0 saturated heterocycles. The lowest BCUT2D eigenvalue weighted by Gasteiger charge is -2.07. The second kappa shape index (κ2) is 6.12. The molecular weight excluding hydrogens is 258 g/mol. The number of rotatable bonds is 5. The monoisotopic (exact) mass is 277 g/mol. The smallest absolute Gasteiger partial charge is 0.195 e. The molecule has 1 N–H and O–H groups in total. The predicted octanol–water partition coefficient (Wildman–Crippen LogP) is 2.79. The number of hydrogen-bond donors (Lipinski definition) is 1. The Balaban J connectivity index is 2.23. The van der Waals surface area contributed by atoms with Gasteiger partial charge in [0.25, 0.3) is 0 Å². The Morgan fingerprint density at radius 3 is 2.79 bits per heavy atom. The van der Waals surface area contributed by atoms with Crippen LogP contribution in [0.15, 0.2) is 18.2 Å². The molecule has 2 aromatic rings. The molecule has 0 aliphatic rings. The van der Waals surface area contributed by atoms with Gasteiger partial charge in [-0.25, -0.2) is 0 Å². The molecule has 0 saturated carbocycles. The first-order chi connectivity index (χ1) is 9.11. The summed E-state index contributed by atoms with van der Waals surface area (Å²) in [6, 6.07) is 6.49. The highest BCUT2D eigenvalue weighted by molar-refractivity contribution is 7.71. The van der Waals surface area contributed by atoms with Gasteiger partial charge in [0.05, 0.1) is 6.61 Å². The summed E-state index contributed by atoms with van der Waals surface area (Å²) < 4.78 is 7.74. The summed E-state index contributed by atoms with van der Waals surface area (Å²) in [6.45, 7) is 5.61. The Bertz CT molecular complexity index is 615. The molecule has 0 spiro atoms. The molecule has 5 heteroatoms. The van der Waals surface area contributed by atoms with Gasteiger partial charge in [0.2, 0.25) is 0 Å². The van der Waals surface area contributed by atoms with Crippen LogP contribution in [0.3, 0.4) is 0 Å². The maximum absolute atomic E-state index is 5.24. The number of nitrogens with one attached hydrogen (secondary N) is 1. The molecule has 102 valence electrons. The topological polar surface area (TPSA) is 42.8 Å². The van der Waals surface area contributed by atoms with Crippen molar-refractivity contribution < 1.29 is 4.74 Å². The number of benzene rings is 1. The zero-order chi connectivity index (χ0) is 13.8. The fraction of sp³-hybridized carbons (Fsp3) is 0.429. The van der Waals surface area contributed by atoms with Crippen LogP contribution in [0.5, 0.6) is 0 Å². The third-order valence-electron chi connectivity index (χ3n) is 3.29. The van der Waals surface area contributed by atoms with E-state index in [0.717, 1.165) is 18.8 Å². The van der Waals surface area contributed by atoms with Crippen molar-refractivity contribution in [3.63, 3.8) is 0 Å². The first-order valence-corrected chi connectivity index (χ1v) is 6.72. The summed E-state index contributed by atoms with van der Waals surface area (Å²) in [5, 5.41) is 7.16. The van der Waals surface area contributed by atoms with Crippen molar-refractivity contribution in [1.82, 2.24) is 14.8 Å². The fourth-order valence-electron chi connectivity index (χ4n) is 1.99. The Labute approximate surface area is 118 Å². The molecule has 4 nitrogen and oxygen atoms in total. The van der Waals surface area contributed by atoms with Crippen molar-refractivity contribution in [3.05, 3.63) is 45.5 Å². The van der Waals surface area contributed by atoms with Gasteiger partial charge in [0.15, 0.2) is 4.77 Å². The molecule has 0 bridgehead atoms. The lowest BCUT2D eigenvalue weighted by molar-refractivity contribution is 0.186. The van der Waals surface area contributed by atoms with E-state index in [0.29, 0.717) is 11.4 Å². The van der Waals surface area contributed by atoms with Crippen LogP contribution >= 0.6 is 12.2 Å². The molecule has 0 aliphatic carbocycles. The number of aromatic nitrogens is 3. The SMILES string of the molecule is COCCn1c(Cc2ccc(C)c(C)c2)n[nH]c1=S. The standard InChI is InChI=1S/C14H19N3OS/c1-10-4-5-12(8-11(10)2)9-13-15-16-14(19)17(13)6-7-18-3/h4-5,8H,6-7,9H2,1-3H3,(H,16,19). The van der Waals surface area contributed by atoms with Crippen molar-refractivity contribution in [2.45, 2.75) is 26.8 Å². The highest BCUT2D eigenvalue weighted by atomic mass is 32.1. The number of H-pyrrole nitrogens is 1. The van der Waals surface area contributed by atoms with E-state index in [4.69, 9.17) is 17.0 Å². The first kappa shape index (κ1) is 14.0. The maximum atomic E-state index is 5.24. The van der Waals surface area contributed by atoms with Crippen LogP contribution in [0.1, 0.15) is 22.5 Å². The van der Waals surface area contributed by atoms with E-state index in [-0.39, 0.29) is 0 Å². The van der Waals surface area contributed by atoms with E-state index in [2.05, 4.69) is 42.2 Å². The molecule has 1 aromatic heterocycles. The zero-order valence-electron chi connectivity index (χ0n) is 11.6. The van der Waals surface area contributed by atoms with E-state index in [9.17, 15) is 0 Å². The maximum Gasteiger partial charge on any atom is 0.195 e. The normalized spacial score (nSPS) is 10.9. The quantitative estimate of drug-likeness (QED) is 0.855. The summed E-state index contributed by atoms with van der Waals surface area (Å²) in [6.07, 6.45) is 0.776. The minimum Gasteiger partial charge on any atom is -0.383 e. The number of ether oxygens (including phenoxy) is 1. The molecule has 19 heavy (non-hydrogen) atoms. The van der Waals surface area contributed by atoms with Gasteiger partial charge in [-0.3, -0.25) is 5.10 Å². The van der Waals surface area contributed by atoms with Crippen LogP contribution < -0.4 is 0 Å². The molecule has 0 radical (unpaired) electrons. The molecule has 0 unspecified atom stereocenters. The van der Waals surface area contributed by atoms with E-state index < -0.39 is 0 Å². The number of methoxy groups -OCH3 is 1. The van der Waals surface area contributed by atoms with Crippen LogP contribution in [0.4, 0.5) is 0 Å². The number of hydrogen-bond acceptors (Lipinski definition) is 3. The van der Waals surface area contributed by atoms with E-state index in [1.54, 1.807) is 7.11 Å². The Kier molecular flexibility index (Phi) is 4.50. The lowest BCUT2D eigenvalue weighted by atomic mass is 10.0. The van der Waals surface area contributed by atoms with E-state index in [1.165, 1.54) is 16.7 Å². The summed E-state index contributed by atoms with van der Waals surface area (Å²) in [7, 11) is 1.69. The Morgan fingerprint density at radius 1 is 1.32 bits per heavy atom. The lowest BCUT2D eigenvalue weighted by Crippen LogP contribution is -2.09. The average molecular weight is 277 g/mol. The highest BCUT2D eigenvalue weighted by Gasteiger charge is 2.07. The van der Waals surface area contributed by atoms with Crippen LogP contribution in [-0.2, 0) is 17.7 Å². The molecule has 1 aromatic carbocycles. The zero-order valence-corrected chi connectivity index (χ0v) is 12.4. The molecule has 0 atom stereocenters. The summed E-state index contributed by atoms with van der Waals surface area (Å²) in [4.78, 5) is 0. The van der Waals surface area contributed by atoms with Crippen molar-refractivity contribution in [1.29, 1.82) is 0 Å². The molecule has 0 amide bonds. The largest absolute Gasteiger partial charge is 0.383 e. The van der Waals surface area contributed by atoms with Gasteiger partial charge in [-0.2, -0.15) is 5.10 Å². The van der Waals surface area contributed by atoms with Crippen LogP contribution in [0, 0.1) is 18.6 Å². The molecule has 0 fully saturated rings. The fourth-order valence-corrected chi connectivity index (χ4v) is 2.24. The van der Waals surface area contributed by atoms with Crippen LogP contribution in [0.2, 0.25) is 0 Å². The van der Waals surface area contributed by atoms with Gasteiger partial charge in [0, 0.05) is 20.1 Å². The van der Waals surface area contributed by atoms with Gasteiger partial charge in [-0.15, -0.1) is 0 Å². The summed E-state index contributed by atoms with van der Waals surface area (Å²) in [5.74, 6) is 0.949. The molecule has 2 rings (SSSR count). The van der Waals surface area contributed by atoms with Gasteiger partial charge in [-0.05, 0) is 42.8 Å². The van der Waals surface area contributed by atoms with Gasteiger partial charge >= 0.3 is 0 Å². The van der Waals surface area contributed by atoms with E-state index >= 15 is 0 Å². The first-order valence-electron chi connectivity index (χ1n) is 6.31. The summed E-state index contributed by atoms with van der Waals surface area (Å²) in [5.41, 5.74) is 3.85. The van der Waals surface area contributed by atoms with Crippen LogP contribution in [0.25, 0.3) is 0 Å². The molecule has 0 aliphatic heterocycles. The Hall–Kier alpha value is -1.46.